The van der Waals surface area contributed by atoms with Gasteiger partial charge in [-0.3, -0.25) is 9.78 Å². The van der Waals surface area contributed by atoms with Crippen LogP contribution in [0.2, 0.25) is 0 Å². The number of rotatable bonds is 2. The van der Waals surface area contributed by atoms with E-state index in [-0.39, 0.29) is 5.78 Å². The summed E-state index contributed by atoms with van der Waals surface area (Å²) in [7, 11) is 0. The molecular formula is C15H12N2OS. The Morgan fingerprint density at radius 1 is 1.16 bits per heavy atom. The maximum atomic E-state index is 11.3. The van der Waals surface area contributed by atoms with Gasteiger partial charge in [0.25, 0.3) is 0 Å². The van der Waals surface area contributed by atoms with Crippen molar-refractivity contribution in [3.05, 3.63) is 47.1 Å². The molecule has 4 heteroatoms. The molecule has 0 aliphatic rings. The predicted molar refractivity (Wildman–Crippen MR) is 77.6 cm³/mol. The van der Waals surface area contributed by atoms with Crippen LogP contribution in [0.25, 0.3) is 21.5 Å². The van der Waals surface area contributed by atoms with Crippen LogP contribution in [0.1, 0.15) is 23.1 Å². The molecule has 3 aromatic rings. The molecule has 0 unspecified atom stereocenters. The van der Waals surface area contributed by atoms with Gasteiger partial charge in [-0.1, -0.05) is 6.07 Å². The normalized spacial score (nSPS) is 10.8. The van der Waals surface area contributed by atoms with E-state index in [9.17, 15) is 4.79 Å². The van der Waals surface area contributed by atoms with E-state index in [0.717, 1.165) is 27.2 Å². The number of hydrogen-bond acceptors (Lipinski definition) is 4. The molecule has 3 nitrogen and oxygen atoms in total. The molecule has 0 amide bonds. The number of Topliss-reactive ketones (excluding diaryl/α,β-unsaturated/α-hetero) is 1. The lowest BCUT2D eigenvalue weighted by atomic mass is 10.1. The van der Waals surface area contributed by atoms with Crippen molar-refractivity contribution < 1.29 is 4.79 Å². The number of hydrogen-bond donors (Lipinski definition) is 0. The van der Waals surface area contributed by atoms with Gasteiger partial charge in [0.2, 0.25) is 0 Å². The van der Waals surface area contributed by atoms with Crippen molar-refractivity contribution in [3.8, 4) is 10.6 Å². The molecule has 2 heterocycles. The Bertz CT molecular complexity index is 777. The van der Waals surface area contributed by atoms with Crippen molar-refractivity contribution in [2.75, 3.05) is 0 Å². The van der Waals surface area contributed by atoms with Crippen molar-refractivity contribution in [1.82, 2.24) is 9.97 Å². The average molecular weight is 268 g/mol. The summed E-state index contributed by atoms with van der Waals surface area (Å²) in [6.07, 6.45) is 0. The Morgan fingerprint density at radius 3 is 2.74 bits per heavy atom. The fourth-order valence-electron chi connectivity index (χ4n) is 1.93. The monoisotopic (exact) mass is 268 g/mol. The molecule has 0 saturated heterocycles. The fraction of sp³-hybridized carbons (Fsp3) is 0.133. The Hall–Kier alpha value is -2.07. The van der Waals surface area contributed by atoms with E-state index < -0.39 is 0 Å². The third-order valence-corrected chi connectivity index (χ3v) is 3.83. The van der Waals surface area contributed by atoms with Crippen LogP contribution in [-0.2, 0) is 0 Å². The van der Waals surface area contributed by atoms with Gasteiger partial charge in [0.1, 0.15) is 10.7 Å². The van der Waals surface area contributed by atoms with E-state index in [2.05, 4.69) is 22.1 Å². The van der Waals surface area contributed by atoms with E-state index >= 15 is 0 Å². The first-order chi connectivity index (χ1) is 9.13. The fourth-order valence-corrected chi connectivity index (χ4v) is 2.78. The highest BCUT2D eigenvalue weighted by Gasteiger charge is 2.08. The van der Waals surface area contributed by atoms with Crippen LogP contribution < -0.4 is 0 Å². The van der Waals surface area contributed by atoms with Crippen molar-refractivity contribution in [2.24, 2.45) is 0 Å². The topological polar surface area (TPSA) is 42.9 Å². The first-order valence-electron chi connectivity index (χ1n) is 5.98. The first kappa shape index (κ1) is 12.0. The summed E-state index contributed by atoms with van der Waals surface area (Å²) in [4.78, 5) is 20.1. The first-order valence-corrected chi connectivity index (χ1v) is 6.86. The second-order valence-electron chi connectivity index (χ2n) is 4.45. The van der Waals surface area contributed by atoms with Gasteiger partial charge < -0.3 is 0 Å². The Kier molecular flexibility index (Phi) is 2.87. The van der Waals surface area contributed by atoms with Crippen LogP contribution in [0.4, 0.5) is 0 Å². The molecule has 94 valence electrons. The maximum Gasteiger partial charge on any atom is 0.178 e. The van der Waals surface area contributed by atoms with Crippen LogP contribution in [0.5, 0.6) is 0 Å². The summed E-state index contributed by atoms with van der Waals surface area (Å²) in [6, 6.07) is 10.1. The smallest absolute Gasteiger partial charge is 0.178 e. The van der Waals surface area contributed by atoms with E-state index in [4.69, 9.17) is 0 Å². The van der Waals surface area contributed by atoms with Crippen molar-refractivity contribution >= 4 is 28.0 Å². The molecule has 0 fully saturated rings. The zero-order valence-electron chi connectivity index (χ0n) is 10.7. The number of carbonyl (C=O) groups is 1. The molecule has 0 aliphatic heterocycles. The second kappa shape index (κ2) is 4.55. The van der Waals surface area contributed by atoms with Crippen molar-refractivity contribution in [2.45, 2.75) is 13.8 Å². The van der Waals surface area contributed by atoms with Crippen molar-refractivity contribution in [3.63, 3.8) is 0 Å². The number of thiazole rings is 1. The Labute approximate surface area is 115 Å². The van der Waals surface area contributed by atoms with Gasteiger partial charge in [0.15, 0.2) is 5.78 Å². The van der Waals surface area contributed by atoms with Crippen LogP contribution in [0.3, 0.4) is 0 Å². The number of aromatic nitrogens is 2. The lowest BCUT2D eigenvalue weighted by Crippen LogP contribution is -1.91. The van der Waals surface area contributed by atoms with Crippen LogP contribution in [-0.4, -0.2) is 15.8 Å². The van der Waals surface area contributed by atoms with Gasteiger partial charge in [-0.05, 0) is 31.2 Å². The third-order valence-electron chi connectivity index (χ3n) is 2.94. The summed E-state index contributed by atoms with van der Waals surface area (Å²) in [5, 5.41) is 3.75. The SMILES string of the molecule is CC(=O)c1csc(-c2ccc3nc(C)ccc3c2)n1. The Balaban J connectivity index is 2.09. The van der Waals surface area contributed by atoms with E-state index in [1.807, 2.05) is 25.1 Å². The minimum Gasteiger partial charge on any atom is -0.293 e. The lowest BCUT2D eigenvalue weighted by molar-refractivity contribution is 0.101. The molecule has 0 saturated carbocycles. The minimum atomic E-state index is 0.000538. The number of nitrogens with zero attached hydrogens (tertiary/aromatic N) is 2. The van der Waals surface area contributed by atoms with Crippen molar-refractivity contribution in [1.29, 1.82) is 0 Å². The largest absolute Gasteiger partial charge is 0.293 e. The molecule has 0 N–H and O–H groups in total. The summed E-state index contributed by atoms with van der Waals surface area (Å²) in [5.41, 5.74) is 3.54. The van der Waals surface area contributed by atoms with Crippen LogP contribution in [0, 0.1) is 6.92 Å². The maximum absolute atomic E-state index is 11.3. The van der Waals surface area contributed by atoms with Gasteiger partial charge in [0, 0.05) is 28.9 Å². The highest BCUT2D eigenvalue weighted by Crippen LogP contribution is 2.26. The van der Waals surface area contributed by atoms with Gasteiger partial charge in [-0.25, -0.2) is 4.98 Å². The molecule has 19 heavy (non-hydrogen) atoms. The molecule has 0 spiro atoms. The molecule has 1 aromatic carbocycles. The molecule has 0 atom stereocenters. The number of ketones is 1. The van der Waals surface area contributed by atoms with Crippen LogP contribution >= 0.6 is 11.3 Å². The predicted octanol–water partition coefficient (Wildman–Crippen LogP) is 3.87. The zero-order chi connectivity index (χ0) is 13.4. The molecule has 0 aliphatic carbocycles. The number of fused-ring (bicyclic) bond motifs is 1. The quantitative estimate of drug-likeness (QED) is 0.663. The zero-order valence-corrected chi connectivity index (χ0v) is 11.5. The number of carbonyl (C=O) groups excluding carboxylic acids is 1. The highest BCUT2D eigenvalue weighted by molar-refractivity contribution is 7.13. The lowest BCUT2D eigenvalue weighted by Gasteiger charge is -2.01. The summed E-state index contributed by atoms with van der Waals surface area (Å²) in [5.74, 6) is 0.000538. The standard InChI is InChI=1S/C15H12N2OS/c1-9-3-4-11-7-12(5-6-13(11)16-9)15-17-14(8-19-15)10(2)18/h3-8H,1-2H3. The molecule has 0 radical (unpaired) electrons. The summed E-state index contributed by atoms with van der Waals surface area (Å²) in [6.45, 7) is 3.51. The van der Waals surface area contributed by atoms with Gasteiger partial charge >= 0.3 is 0 Å². The highest BCUT2D eigenvalue weighted by atomic mass is 32.1. The van der Waals surface area contributed by atoms with E-state index in [1.165, 1.54) is 18.3 Å². The third kappa shape index (κ3) is 2.27. The molecule has 2 aromatic heterocycles. The van der Waals surface area contributed by atoms with E-state index in [1.54, 1.807) is 5.38 Å². The van der Waals surface area contributed by atoms with Gasteiger partial charge in [-0.15, -0.1) is 11.3 Å². The van der Waals surface area contributed by atoms with E-state index in [0.29, 0.717) is 5.69 Å². The number of aryl methyl sites for hydroxylation is 1. The Morgan fingerprint density at radius 2 is 2.00 bits per heavy atom. The average Bonchev–Trinajstić information content (AvgIpc) is 2.88. The van der Waals surface area contributed by atoms with Gasteiger partial charge in [-0.2, -0.15) is 0 Å². The number of benzene rings is 1. The molecule has 0 bridgehead atoms. The van der Waals surface area contributed by atoms with Crippen LogP contribution in [0.15, 0.2) is 35.7 Å². The van der Waals surface area contributed by atoms with Gasteiger partial charge in [0.05, 0.1) is 5.52 Å². The summed E-state index contributed by atoms with van der Waals surface area (Å²) < 4.78 is 0. The second-order valence-corrected chi connectivity index (χ2v) is 5.31. The molecule has 3 rings (SSSR count). The minimum absolute atomic E-state index is 0.000538. The number of pyridine rings is 1. The molecular weight excluding hydrogens is 256 g/mol. The summed E-state index contributed by atoms with van der Waals surface area (Å²) >= 11 is 1.49.